The number of nitrogens with zero attached hydrogens (tertiary/aromatic N) is 2. The van der Waals surface area contributed by atoms with Crippen LogP contribution in [0.4, 0.5) is 24.0 Å². The highest BCUT2D eigenvalue weighted by Crippen LogP contribution is 2.31. The summed E-state index contributed by atoms with van der Waals surface area (Å²) in [6, 6.07) is 6.49. The molecule has 1 heterocycles. The Hall–Kier alpha value is -2.03. The van der Waals surface area contributed by atoms with Crippen molar-refractivity contribution in [3.63, 3.8) is 0 Å². The molecule has 1 amide bonds. The Morgan fingerprint density at radius 1 is 1.32 bits per heavy atom. The molecule has 0 aliphatic carbocycles. The first kappa shape index (κ1) is 19.3. The van der Waals surface area contributed by atoms with Gasteiger partial charge in [-0.3, -0.25) is 0 Å². The van der Waals surface area contributed by atoms with Crippen molar-refractivity contribution in [3.05, 3.63) is 46.3 Å². The van der Waals surface area contributed by atoms with Gasteiger partial charge in [0.15, 0.2) is 5.69 Å². The molecule has 0 N–H and O–H groups in total. The summed E-state index contributed by atoms with van der Waals surface area (Å²) in [6.45, 7) is 4.89. The topological polar surface area (TPSA) is 55.6 Å². The lowest BCUT2D eigenvalue weighted by Crippen LogP contribution is -2.36. The maximum Gasteiger partial charge on any atom is 0.436 e. The molecular weight excluding hydrogens is 405 g/mol. The Morgan fingerprint density at radius 3 is 2.52 bits per heavy atom. The molecule has 0 bridgehead atoms. The molecule has 5 nitrogen and oxygen atoms in total. The average molecular weight is 421 g/mol. The standard InChI is InChI=1S/C16H16BrF3N2O3/c1-15(2,3)25-14(23)22(8-10-5-4-6-11(17)7-10)13-21-12(9-24-13)16(18,19)20/h4-7,9H,8H2,1-3H3. The normalized spacial score (nSPS) is 12.1. The minimum Gasteiger partial charge on any atom is -0.443 e. The van der Waals surface area contributed by atoms with Crippen LogP contribution in [0.3, 0.4) is 0 Å². The van der Waals surface area contributed by atoms with E-state index in [2.05, 4.69) is 20.9 Å². The van der Waals surface area contributed by atoms with Crippen LogP contribution in [-0.2, 0) is 17.5 Å². The number of anilines is 1. The monoisotopic (exact) mass is 420 g/mol. The Bertz CT molecular complexity index is 754. The Morgan fingerprint density at radius 2 is 2.00 bits per heavy atom. The summed E-state index contributed by atoms with van der Waals surface area (Å²) in [5.74, 6) is 0. The van der Waals surface area contributed by atoms with Crippen LogP contribution in [0.5, 0.6) is 0 Å². The van der Waals surface area contributed by atoms with Gasteiger partial charge in [-0.15, -0.1) is 0 Å². The van der Waals surface area contributed by atoms with E-state index >= 15 is 0 Å². The third-order valence-electron chi connectivity index (χ3n) is 2.86. The number of hydrogen-bond donors (Lipinski definition) is 0. The number of ether oxygens (including phenoxy) is 1. The third kappa shape index (κ3) is 5.48. The number of alkyl halides is 3. The lowest BCUT2D eigenvalue weighted by atomic mass is 10.2. The van der Waals surface area contributed by atoms with Gasteiger partial charge in [-0.25, -0.2) is 9.69 Å². The van der Waals surface area contributed by atoms with Crippen LogP contribution in [0.2, 0.25) is 0 Å². The zero-order valence-electron chi connectivity index (χ0n) is 13.7. The van der Waals surface area contributed by atoms with E-state index in [4.69, 9.17) is 9.15 Å². The summed E-state index contributed by atoms with van der Waals surface area (Å²) >= 11 is 3.30. The van der Waals surface area contributed by atoms with Gasteiger partial charge in [0, 0.05) is 4.47 Å². The van der Waals surface area contributed by atoms with Crippen molar-refractivity contribution in [2.45, 2.75) is 39.1 Å². The van der Waals surface area contributed by atoms with Crippen LogP contribution in [0, 0.1) is 0 Å². The van der Waals surface area contributed by atoms with E-state index in [0.717, 1.165) is 9.37 Å². The Labute approximate surface area is 150 Å². The van der Waals surface area contributed by atoms with E-state index < -0.39 is 29.6 Å². The Balaban J connectivity index is 2.34. The summed E-state index contributed by atoms with van der Waals surface area (Å²) in [6.07, 6.45) is -5.06. The molecule has 0 radical (unpaired) electrons. The second-order valence-corrected chi connectivity index (χ2v) is 7.13. The molecule has 1 aromatic carbocycles. The van der Waals surface area contributed by atoms with Gasteiger partial charge in [0.2, 0.25) is 0 Å². The SMILES string of the molecule is CC(C)(C)OC(=O)N(Cc1cccc(Br)c1)c1nc(C(F)(F)F)co1. The van der Waals surface area contributed by atoms with Crippen LogP contribution in [0.15, 0.2) is 39.4 Å². The molecule has 0 saturated heterocycles. The number of aromatic nitrogens is 1. The first-order valence-electron chi connectivity index (χ1n) is 7.23. The molecule has 136 valence electrons. The van der Waals surface area contributed by atoms with Gasteiger partial charge in [-0.1, -0.05) is 28.1 Å². The summed E-state index contributed by atoms with van der Waals surface area (Å²) < 4.78 is 49.1. The highest BCUT2D eigenvalue weighted by Gasteiger charge is 2.37. The average Bonchev–Trinajstić information content (AvgIpc) is 2.92. The van der Waals surface area contributed by atoms with Crippen LogP contribution < -0.4 is 4.90 Å². The van der Waals surface area contributed by atoms with Crippen molar-refractivity contribution in [1.82, 2.24) is 4.98 Å². The fraction of sp³-hybridized carbons (Fsp3) is 0.375. The maximum absolute atomic E-state index is 12.8. The number of amides is 1. The number of oxazole rings is 1. The predicted molar refractivity (Wildman–Crippen MR) is 88.1 cm³/mol. The van der Waals surface area contributed by atoms with E-state index in [0.29, 0.717) is 11.8 Å². The summed E-state index contributed by atoms with van der Waals surface area (Å²) in [4.78, 5) is 16.7. The molecule has 0 fully saturated rings. The molecular formula is C16H16BrF3N2O3. The van der Waals surface area contributed by atoms with Gasteiger partial charge >= 0.3 is 18.3 Å². The highest BCUT2D eigenvalue weighted by atomic mass is 79.9. The molecule has 0 atom stereocenters. The van der Waals surface area contributed by atoms with Crippen LogP contribution in [-0.4, -0.2) is 16.7 Å². The third-order valence-corrected chi connectivity index (χ3v) is 3.35. The summed E-state index contributed by atoms with van der Waals surface area (Å²) in [5, 5.41) is 0. The first-order valence-corrected chi connectivity index (χ1v) is 8.03. The molecule has 0 aliphatic heterocycles. The molecule has 2 rings (SSSR count). The zero-order chi connectivity index (χ0) is 18.8. The van der Waals surface area contributed by atoms with Crippen LogP contribution in [0.25, 0.3) is 0 Å². The van der Waals surface area contributed by atoms with Crippen molar-refractivity contribution < 1.29 is 27.1 Å². The van der Waals surface area contributed by atoms with Gasteiger partial charge in [0.1, 0.15) is 11.9 Å². The van der Waals surface area contributed by atoms with Gasteiger partial charge in [-0.2, -0.15) is 18.2 Å². The fourth-order valence-corrected chi connectivity index (χ4v) is 2.31. The molecule has 9 heteroatoms. The van der Waals surface area contributed by atoms with E-state index in [1.54, 1.807) is 45.0 Å². The minimum atomic E-state index is -4.67. The minimum absolute atomic E-state index is 0.0633. The smallest absolute Gasteiger partial charge is 0.436 e. The molecule has 2 aromatic rings. The van der Waals surface area contributed by atoms with E-state index in [1.165, 1.54) is 0 Å². The van der Waals surface area contributed by atoms with Crippen LogP contribution >= 0.6 is 15.9 Å². The van der Waals surface area contributed by atoms with E-state index in [1.807, 2.05) is 0 Å². The highest BCUT2D eigenvalue weighted by molar-refractivity contribution is 9.10. The molecule has 0 spiro atoms. The van der Waals surface area contributed by atoms with Gasteiger partial charge in [0.25, 0.3) is 0 Å². The van der Waals surface area contributed by atoms with Crippen LogP contribution in [0.1, 0.15) is 32.0 Å². The number of hydrogen-bond acceptors (Lipinski definition) is 4. The summed E-state index contributed by atoms with van der Waals surface area (Å²) in [7, 11) is 0. The maximum atomic E-state index is 12.8. The van der Waals surface area contributed by atoms with Gasteiger partial charge in [0.05, 0.1) is 6.54 Å². The number of rotatable bonds is 3. The molecule has 0 unspecified atom stereocenters. The van der Waals surface area contributed by atoms with Crippen molar-refractivity contribution >= 4 is 28.0 Å². The quantitative estimate of drug-likeness (QED) is 0.666. The summed E-state index contributed by atoms with van der Waals surface area (Å²) in [5.41, 5.74) is -1.39. The Kier molecular flexibility index (Phi) is 5.46. The predicted octanol–water partition coefficient (Wildman–Crippen LogP) is 5.40. The van der Waals surface area contributed by atoms with E-state index in [9.17, 15) is 18.0 Å². The van der Waals surface area contributed by atoms with E-state index in [-0.39, 0.29) is 6.54 Å². The second-order valence-electron chi connectivity index (χ2n) is 6.21. The second kappa shape index (κ2) is 7.07. The van der Waals surface area contributed by atoms with Crippen molar-refractivity contribution in [3.8, 4) is 0 Å². The number of carbonyl (C=O) groups is 1. The largest absolute Gasteiger partial charge is 0.443 e. The van der Waals surface area contributed by atoms with Crippen molar-refractivity contribution in [2.24, 2.45) is 0 Å². The molecule has 0 aliphatic rings. The lowest BCUT2D eigenvalue weighted by Gasteiger charge is -2.25. The van der Waals surface area contributed by atoms with Gasteiger partial charge < -0.3 is 9.15 Å². The van der Waals surface area contributed by atoms with Crippen molar-refractivity contribution in [2.75, 3.05) is 4.90 Å². The number of benzene rings is 1. The molecule has 25 heavy (non-hydrogen) atoms. The fourth-order valence-electron chi connectivity index (χ4n) is 1.86. The molecule has 0 saturated carbocycles. The number of carbonyl (C=O) groups excluding carboxylic acids is 1. The number of halogens is 4. The first-order chi connectivity index (χ1) is 11.5. The molecule has 1 aromatic heterocycles. The van der Waals surface area contributed by atoms with Gasteiger partial charge in [-0.05, 0) is 38.5 Å². The van der Waals surface area contributed by atoms with Crippen molar-refractivity contribution in [1.29, 1.82) is 0 Å². The lowest BCUT2D eigenvalue weighted by molar-refractivity contribution is -0.141. The zero-order valence-corrected chi connectivity index (χ0v) is 15.3.